The lowest BCUT2D eigenvalue weighted by molar-refractivity contribution is -0.448. The fraction of sp³-hybridized carbons (Fsp3) is 0.925. The number of aliphatic hydroxyl groups is 19. The number of carbonyl (C=O) groups is 4. The summed E-state index contributed by atoms with van der Waals surface area (Å²) in [5, 5.41) is 216. The van der Waals surface area contributed by atoms with Crippen molar-refractivity contribution in [2.24, 2.45) is 5.92 Å². The highest BCUT2D eigenvalue weighted by molar-refractivity contribution is 5.74. The molecule has 36 atom stereocenters. The largest absolute Gasteiger partial charge is 0.410 e. The Morgan fingerprint density at radius 1 is 0.484 bits per heavy atom. The summed E-state index contributed by atoms with van der Waals surface area (Å²) in [4.78, 5) is 49.3. The average molecular weight is 1360 g/mol. The van der Waals surface area contributed by atoms with Crippen LogP contribution in [0.15, 0.2) is 0 Å². The summed E-state index contributed by atoms with van der Waals surface area (Å²) in [5.41, 5.74) is 0. The molecule has 7 aliphatic heterocycles. The van der Waals surface area contributed by atoms with Crippen LogP contribution >= 0.6 is 0 Å². The summed E-state index contributed by atoms with van der Waals surface area (Å²) in [5.74, 6) is -6.11. The first-order valence-corrected chi connectivity index (χ1v) is 29.9. The molecule has 0 spiro atoms. The third-order valence-corrected chi connectivity index (χ3v) is 17.2. The van der Waals surface area contributed by atoms with Gasteiger partial charge >= 0.3 is 5.97 Å². The number of nitrogens with one attached hydrogen (secondary N) is 3. The second-order valence-electron chi connectivity index (χ2n) is 23.8. The van der Waals surface area contributed by atoms with Crippen molar-refractivity contribution in [3.05, 3.63) is 0 Å². The SMILES string of the molecule is CC(=O)NC1C(O)[C@H](O[C@@H]2OC(CO)[C@H](O)[C@H](O[C@]3(OC=O)CC(O)[C@@H](C)C([C@H](O)[C@H](O)CO)O3)C2O)C(CO)O[C@H]1OC1[C@@H](OCC2O[C@@H](O[C@@H]3C(CO)O[C@@H](O[C@@H]4C(CO)O[C@@H](C)C(NC(C)=O)[C@H]4O)C(NC(C)=O)[C@H]3O)C(O)[C@@H](O)[C@@H]2O)OC(CO)[C@@H](O)[C@@H]1O. The summed E-state index contributed by atoms with van der Waals surface area (Å²) in [7, 11) is 0. The molecule has 7 saturated heterocycles. The highest BCUT2D eigenvalue weighted by Crippen LogP contribution is 2.41. The number of hydrogen-bond acceptors (Lipinski definition) is 37. The van der Waals surface area contributed by atoms with Crippen LogP contribution in [-0.4, -0.2) is 382 Å². The van der Waals surface area contributed by atoms with Gasteiger partial charge in [0, 0.05) is 26.7 Å². The lowest BCUT2D eigenvalue weighted by Crippen LogP contribution is -2.70. The quantitative estimate of drug-likeness (QED) is 0.0282. The van der Waals surface area contributed by atoms with Gasteiger partial charge in [0.25, 0.3) is 6.47 Å². The van der Waals surface area contributed by atoms with E-state index in [1.807, 2.05) is 0 Å². The number of ether oxygens (including phenoxy) is 14. The zero-order valence-corrected chi connectivity index (χ0v) is 50.8. The van der Waals surface area contributed by atoms with Crippen LogP contribution < -0.4 is 16.0 Å². The molecule has 538 valence electrons. The molecule has 40 heteroatoms. The Kier molecular flexibility index (Phi) is 27.7. The van der Waals surface area contributed by atoms with Crippen LogP contribution in [0.3, 0.4) is 0 Å². The van der Waals surface area contributed by atoms with E-state index in [0.717, 1.165) is 13.8 Å². The summed E-state index contributed by atoms with van der Waals surface area (Å²) >= 11 is 0. The minimum Gasteiger partial charge on any atom is -0.410 e. The van der Waals surface area contributed by atoms with Gasteiger partial charge in [0.15, 0.2) is 31.5 Å². The van der Waals surface area contributed by atoms with E-state index in [9.17, 15) is 116 Å². The van der Waals surface area contributed by atoms with Crippen molar-refractivity contribution in [1.29, 1.82) is 0 Å². The Balaban J connectivity index is 1.08. The molecule has 7 aliphatic rings. The smallest absolute Gasteiger partial charge is 0.332 e. The Labute approximate surface area is 529 Å². The summed E-state index contributed by atoms with van der Waals surface area (Å²) in [6.45, 7) is -1.07. The fourth-order valence-corrected chi connectivity index (χ4v) is 12.2. The van der Waals surface area contributed by atoms with Crippen LogP contribution in [0.1, 0.15) is 41.0 Å². The molecule has 0 bridgehead atoms. The van der Waals surface area contributed by atoms with Crippen LogP contribution in [0.25, 0.3) is 0 Å². The second-order valence-corrected chi connectivity index (χ2v) is 23.8. The molecule has 7 heterocycles. The molecule has 40 nitrogen and oxygen atoms in total. The van der Waals surface area contributed by atoms with Crippen LogP contribution in [0.5, 0.6) is 0 Å². The molecule has 0 aromatic rings. The standard InChI is InChI=1S/C53H89N3O37/c1-15-20(67)6-53(81-14-63,92-42(15)31(69)21(68)7-57)93-46-34(72)23(9-59)83-51(41(46)79)90-45-26(12-62)86-49(30(37(45)75)56-19(5)66)91-47-39(77)32(70)22(8-58)84-52(47)80-13-27-33(71)38(76)40(78)50(87-27)89-44-25(11-61)85-48(29(36(44)74)55-18(4)65)88-43-24(10-60)82-16(2)28(35(43)73)54-17(3)64/h14-16,20-52,57-62,67-79H,6-13H2,1-5H3,(H,54,64)(H,55,65)(H,56,66)/t15-,16+,20?,21-,22?,23?,24?,25?,26?,27?,28?,29?,30?,31-,32-,33-,34+,35-,36-,37?,38+,39+,40?,41?,42?,43-,44-,45-,46+,47?,48+,49+,50+,51+,52+,53+/m1/s1. The van der Waals surface area contributed by atoms with Gasteiger partial charge < -0.3 is 179 Å². The van der Waals surface area contributed by atoms with Crippen molar-refractivity contribution in [2.45, 2.75) is 255 Å². The van der Waals surface area contributed by atoms with Gasteiger partial charge in [0.2, 0.25) is 17.7 Å². The molecule has 22 N–H and O–H groups in total. The van der Waals surface area contributed by atoms with Crippen molar-refractivity contribution < 1.29 is 183 Å². The van der Waals surface area contributed by atoms with Gasteiger partial charge in [-0.25, -0.2) is 0 Å². The molecule has 7 fully saturated rings. The number of rotatable bonds is 26. The summed E-state index contributed by atoms with van der Waals surface area (Å²) in [6.07, 6.45) is -59.2. The molecule has 93 heavy (non-hydrogen) atoms. The average Bonchev–Trinajstić information content (AvgIpc) is 0.775. The lowest BCUT2D eigenvalue weighted by Gasteiger charge is -2.51. The predicted molar refractivity (Wildman–Crippen MR) is 290 cm³/mol. The highest BCUT2D eigenvalue weighted by atomic mass is 16.9. The number of hydrogen-bond donors (Lipinski definition) is 22. The van der Waals surface area contributed by atoms with Gasteiger partial charge in [-0.05, 0) is 6.92 Å². The maximum Gasteiger partial charge on any atom is 0.332 e. The van der Waals surface area contributed by atoms with E-state index in [-0.39, 0.29) is 6.47 Å². The van der Waals surface area contributed by atoms with Crippen LogP contribution in [0.2, 0.25) is 0 Å². The normalized spacial score (nSPS) is 47.2. The van der Waals surface area contributed by atoms with E-state index in [0.29, 0.717) is 0 Å². The molecule has 0 aromatic carbocycles. The van der Waals surface area contributed by atoms with E-state index in [1.54, 1.807) is 0 Å². The molecular formula is C53H89N3O37. The monoisotopic (exact) mass is 1360 g/mol. The van der Waals surface area contributed by atoms with Gasteiger partial charge in [-0.2, -0.15) is 0 Å². The number of amides is 3. The molecule has 0 aromatic heterocycles. The topological polar surface area (TPSA) is 618 Å². The Hall–Kier alpha value is -3.40. The van der Waals surface area contributed by atoms with Crippen molar-refractivity contribution in [1.82, 2.24) is 16.0 Å². The third-order valence-electron chi connectivity index (χ3n) is 17.2. The molecule has 15 unspecified atom stereocenters. The molecule has 0 aliphatic carbocycles. The zero-order chi connectivity index (χ0) is 68.8. The minimum atomic E-state index is -2.80. The van der Waals surface area contributed by atoms with Gasteiger partial charge in [-0.15, -0.1) is 0 Å². The second kappa shape index (κ2) is 33.4. The molecular weight excluding hydrogens is 1270 g/mol. The van der Waals surface area contributed by atoms with E-state index in [1.165, 1.54) is 20.8 Å². The molecule has 0 radical (unpaired) electrons. The number of aliphatic hydroxyl groups excluding tert-OH is 19. The van der Waals surface area contributed by atoms with Crippen molar-refractivity contribution in [2.75, 3.05) is 46.2 Å². The van der Waals surface area contributed by atoms with Gasteiger partial charge in [-0.3, -0.25) is 19.2 Å². The first kappa shape index (κ1) is 77.0. The maximum absolute atomic E-state index is 12.8. The highest BCUT2D eigenvalue weighted by Gasteiger charge is 2.60. The van der Waals surface area contributed by atoms with Crippen molar-refractivity contribution in [3.8, 4) is 0 Å². The molecule has 0 saturated carbocycles. The Morgan fingerprint density at radius 2 is 0.903 bits per heavy atom. The third kappa shape index (κ3) is 17.2. The van der Waals surface area contributed by atoms with Crippen molar-refractivity contribution in [3.63, 3.8) is 0 Å². The Bertz CT molecular complexity index is 2380. The molecule has 7 rings (SSSR count). The van der Waals surface area contributed by atoms with Crippen molar-refractivity contribution >= 4 is 24.2 Å². The minimum absolute atomic E-state index is 0.215. The van der Waals surface area contributed by atoms with Gasteiger partial charge in [-0.1, -0.05) is 6.92 Å². The Morgan fingerprint density at radius 3 is 1.40 bits per heavy atom. The fourth-order valence-electron chi connectivity index (χ4n) is 12.2. The number of carbonyl (C=O) groups excluding carboxylic acids is 4. The summed E-state index contributed by atoms with van der Waals surface area (Å²) in [6, 6.07) is -4.65. The van der Waals surface area contributed by atoms with Crippen LogP contribution in [0.4, 0.5) is 0 Å². The maximum atomic E-state index is 12.8. The lowest BCUT2D eigenvalue weighted by atomic mass is 9.87. The first-order valence-electron chi connectivity index (χ1n) is 29.9. The predicted octanol–water partition coefficient (Wildman–Crippen LogP) is -14.2. The van der Waals surface area contributed by atoms with E-state index < -0.39 is 291 Å². The van der Waals surface area contributed by atoms with Crippen LogP contribution in [0, 0.1) is 5.92 Å². The van der Waals surface area contributed by atoms with Gasteiger partial charge in [0.05, 0.1) is 77.0 Å². The summed E-state index contributed by atoms with van der Waals surface area (Å²) < 4.78 is 81.6. The first-order chi connectivity index (χ1) is 43.9. The zero-order valence-electron chi connectivity index (χ0n) is 50.8. The van der Waals surface area contributed by atoms with E-state index in [4.69, 9.17) is 66.3 Å². The van der Waals surface area contributed by atoms with E-state index in [2.05, 4.69) is 16.0 Å². The van der Waals surface area contributed by atoms with Crippen LogP contribution in [-0.2, 0) is 85.5 Å². The van der Waals surface area contributed by atoms with Gasteiger partial charge in [0.1, 0.15) is 152 Å². The molecule has 3 amide bonds. The van der Waals surface area contributed by atoms with E-state index >= 15 is 0 Å².